The molecule has 0 amide bonds. The number of carbonyl (C=O) groups is 1. The Balaban J connectivity index is 1.63. The van der Waals surface area contributed by atoms with Crippen LogP contribution in [0.1, 0.15) is 15.9 Å². The Hall–Kier alpha value is -2.97. The van der Waals surface area contributed by atoms with Gasteiger partial charge in [0.05, 0.1) is 29.5 Å². The standard InChI is InChI=1S/C19H19N3O4S/c1-26-19(23)16-6-5-9-18(12-16)27(24,25)21-11-10-15-13-20-22(14-15)17-7-3-2-4-8-17/h2-9,12-14,21H,10-11H2,1H3. The highest BCUT2D eigenvalue weighted by Crippen LogP contribution is 2.13. The third kappa shape index (κ3) is 4.60. The van der Waals surface area contributed by atoms with Crippen LogP contribution in [0, 0.1) is 0 Å². The van der Waals surface area contributed by atoms with E-state index in [4.69, 9.17) is 0 Å². The maximum Gasteiger partial charge on any atom is 0.337 e. The first-order valence-corrected chi connectivity index (χ1v) is 9.75. The van der Waals surface area contributed by atoms with E-state index in [2.05, 4.69) is 14.6 Å². The van der Waals surface area contributed by atoms with E-state index >= 15 is 0 Å². The van der Waals surface area contributed by atoms with Crippen LogP contribution >= 0.6 is 0 Å². The van der Waals surface area contributed by atoms with Gasteiger partial charge in [-0.3, -0.25) is 0 Å². The summed E-state index contributed by atoms with van der Waals surface area (Å²) in [5.41, 5.74) is 2.03. The lowest BCUT2D eigenvalue weighted by atomic mass is 10.2. The van der Waals surface area contributed by atoms with Gasteiger partial charge in [-0.1, -0.05) is 24.3 Å². The van der Waals surface area contributed by atoms with Crippen molar-refractivity contribution in [3.05, 3.63) is 78.1 Å². The predicted molar refractivity (Wildman–Crippen MR) is 100 cm³/mol. The maximum absolute atomic E-state index is 12.4. The molecule has 0 spiro atoms. The first-order valence-electron chi connectivity index (χ1n) is 8.26. The normalized spacial score (nSPS) is 11.3. The molecule has 1 N–H and O–H groups in total. The zero-order valence-electron chi connectivity index (χ0n) is 14.7. The van der Waals surface area contributed by atoms with Gasteiger partial charge in [-0.2, -0.15) is 5.10 Å². The lowest BCUT2D eigenvalue weighted by Crippen LogP contribution is -2.26. The molecular formula is C19H19N3O4S. The smallest absolute Gasteiger partial charge is 0.337 e. The second kappa shape index (κ2) is 8.15. The van der Waals surface area contributed by atoms with Crippen LogP contribution in [0.2, 0.25) is 0 Å². The molecule has 0 aliphatic rings. The summed E-state index contributed by atoms with van der Waals surface area (Å²) in [5, 5.41) is 4.29. The van der Waals surface area contributed by atoms with Crippen LogP contribution in [0.15, 0.2) is 71.9 Å². The number of benzene rings is 2. The highest BCUT2D eigenvalue weighted by molar-refractivity contribution is 7.89. The Kier molecular flexibility index (Phi) is 5.68. The van der Waals surface area contributed by atoms with E-state index in [0.717, 1.165) is 11.3 Å². The van der Waals surface area contributed by atoms with Gasteiger partial charge in [-0.05, 0) is 42.3 Å². The van der Waals surface area contributed by atoms with Crippen molar-refractivity contribution in [1.29, 1.82) is 0 Å². The molecule has 8 heteroatoms. The fourth-order valence-corrected chi connectivity index (χ4v) is 3.61. The van der Waals surface area contributed by atoms with Crippen LogP contribution in [0.3, 0.4) is 0 Å². The van der Waals surface area contributed by atoms with Crippen LogP contribution in [0.5, 0.6) is 0 Å². The van der Waals surface area contributed by atoms with Crippen molar-refractivity contribution in [1.82, 2.24) is 14.5 Å². The van der Waals surface area contributed by atoms with Crippen molar-refractivity contribution in [2.45, 2.75) is 11.3 Å². The monoisotopic (exact) mass is 385 g/mol. The van der Waals surface area contributed by atoms with Crippen LogP contribution in [-0.4, -0.2) is 37.8 Å². The molecule has 7 nitrogen and oxygen atoms in total. The Morgan fingerprint density at radius 3 is 2.67 bits per heavy atom. The van der Waals surface area contributed by atoms with Gasteiger partial charge in [0.15, 0.2) is 0 Å². The van der Waals surface area contributed by atoms with Crippen molar-refractivity contribution in [2.24, 2.45) is 0 Å². The molecule has 0 fully saturated rings. The summed E-state index contributed by atoms with van der Waals surface area (Å²) in [5.74, 6) is -0.583. The molecule has 0 saturated heterocycles. The predicted octanol–water partition coefficient (Wildman–Crippen LogP) is 2.18. The van der Waals surface area contributed by atoms with E-state index in [1.165, 1.54) is 31.4 Å². The Bertz CT molecular complexity index is 1030. The topological polar surface area (TPSA) is 90.3 Å². The lowest BCUT2D eigenvalue weighted by molar-refractivity contribution is 0.0600. The largest absolute Gasteiger partial charge is 0.465 e. The Morgan fingerprint density at radius 1 is 1.15 bits per heavy atom. The number of nitrogens with one attached hydrogen (secondary N) is 1. The van der Waals surface area contributed by atoms with Gasteiger partial charge in [0, 0.05) is 12.7 Å². The van der Waals surface area contributed by atoms with Gasteiger partial charge in [0.2, 0.25) is 10.0 Å². The minimum absolute atomic E-state index is 0.0189. The summed E-state index contributed by atoms with van der Waals surface area (Å²) < 4.78 is 33.8. The molecule has 0 atom stereocenters. The van der Waals surface area contributed by atoms with Crippen molar-refractivity contribution in [2.75, 3.05) is 13.7 Å². The van der Waals surface area contributed by atoms with Crippen LogP contribution in [0.4, 0.5) is 0 Å². The second-order valence-corrected chi connectivity index (χ2v) is 7.56. The third-order valence-electron chi connectivity index (χ3n) is 3.93. The molecule has 2 aromatic carbocycles. The highest BCUT2D eigenvalue weighted by Gasteiger charge is 2.16. The minimum Gasteiger partial charge on any atom is -0.465 e. The molecule has 0 aliphatic heterocycles. The third-order valence-corrected chi connectivity index (χ3v) is 5.39. The minimum atomic E-state index is -3.73. The highest BCUT2D eigenvalue weighted by atomic mass is 32.2. The van der Waals surface area contributed by atoms with Crippen molar-refractivity contribution < 1.29 is 17.9 Å². The van der Waals surface area contributed by atoms with Crippen LogP contribution < -0.4 is 4.72 Å². The number of para-hydroxylation sites is 1. The van der Waals surface area contributed by atoms with Gasteiger partial charge in [-0.25, -0.2) is 22.6 Å². The Labute approximate surface area is 157 Å². The molecule has 3 aromatic rings. The maximum atomic E-state index is 12.4. The molecule has 0 bridgehead atoms. The van der Waals surface area contributed by atoms with Gasteiger partial charge in [-0.15, -0.1) is 0 Å². The number of sulfonamides is 1. The summed E-state index contributed by atoms with van der Waals surface area (Å²) in [7, 11) is -2.48. The fraction of sp³-hybridized carbons (Fsp3) is 0.158. The molecular weight excluding hydrogens is 366 g/mol. The van der Waals surface area contributed by atoms with Crippen molar-refractivity contribution in [3.8, 4) is 5.69 Å². The SMILES string of the molecule is COC(=O)c1cccc(S(=O)(=O)NCCc2cnn(-c3ccccc3)c2)c1. The van der Waals surface area contributed by atoms with E-state index in [1.807, 2.05) is 36.5 Å². The summed E-state index contributed by atoms with van der Waals surface area (Å²) in [4.78, 5) is 11.6. The first-order chi connectivity index (χ1) is 13.0. The average Bonchev–Trinajstić information content (AvgIpc) is 3.17. The second-order valence-electron chi connectivity index (χ2n) is 5.80. The lowest BCUT2D eigenvalue weighted by Gasteiger charge is -2.07. The summed E-state index contributed by atoms with van der Waals surface area (Å²) in [6.45, 7) is 0.214. The quantitative estimate of drug-likeness (QED) is 0.630. The number of nitrogens with zero attached hydrogens (tertiary/aromatic N) is 2. The van der Waals surface area contributed by atoms with Gasteiger partial charge in [0.1, 0.15) is 0 Å². The number of carbonyl (C=O) groups excluding carboxylic acids is 1. The Morgan fingerprint density at radius 2 is 1.93 bits per heavy atom. The van der Waals surface area contributed by atoms with E-state index in [1.54, 1.807) is 10.9 Å². The van der Waals surface area contributed by atoms with Gasteiger partial charge in [0.25, 0.3) is 0 Å². The summed E-state index contributed by atoms with van der Waals surface area (Å²) in [6, 6.07) is 15.4. The molecule has 27 heavy (non-hydrogen) atoms. The van der Waals surface area contributed by atoms with Crippen molar-refractivity contribution >= 4 is 16.0 Å². The summed E-state index contributed by atoms with van der Waals surface area (Å²) in [6.07, 6.45) is 4.06. The zero-order valence-corrected chi connectivity index (χ0v) is 15.5. The van der Waals surface area contributed by atoms with E-state index in [0.29, 0.717) is 6.42 Å². The van der Waals surface area contributed by atoms with Gasteiger partial charge < -0.3 is 4.74 Å². The van der Waals surface area contributed by atoms with Crippen LogP contribution in [-0.2, 0) is 21.2 Å². The molecule has 0 unspecified atom stereocenters. The van der Waals surface area contributed by atoms with E-state index in [9.17, 15) is 13.2 Å². The van der Waals surface area contributed by atoms with E-state index in [-0.39, 0.29) is 17.0 Å². The number of ether oxygens (including phenoxy) is 1. The van der Waals surface area contributed by atoms with Crippen LogP contribution in [0.25, 0.3) is 5.69 Å². The number of hydrogen-bond acceptors (Lipinski definition) is 5. The number of aromatic nitrogens is 2. The molecule has 0 saturated carbocycles. The number of methoxy groups -OCH3 is 1. The number of rotatable bonds is 7. The molecule has 3 rings (SSSR count). The fourth-order valence-electron chi connectivity index (χ4n) is 2.53. The van der Waals surface area contributed by atoms with Gasteiger partial charge >= 0.3 is 5.97 Å². The number of esters is 1. The molecule has 1 heterocycles. The molecule has 0 radical (unpaired) electrons. The number of hydrogen-bond donors (Lipinski definition) is 1. The molecule has 1 aromatic heterocycles. The summed E-state index contributed by atoms with van der Waals surface area (Å²) >= 11 is 0. The van der Waals surface area contributed by atoms with Crippen molar-refractivity contribution in [3.63, 3.8) is 0 Å². The molecule has 0 aliphatic carbocycles. The average molecular weight is 385 g/mol. The first kappa shape index (κ1) is 18.8. The zero-order chi connectivity index (χ0) is 19.3. The molecule has 140 valence electrons. The van der Waals surface area contributed by atoms with E-state index < -0.39 is 16.0 Å².